The van der Waals surface area contributed by atoms with Gasteiger partial charge in [0.05, 0.1) is 6.61 Å². The summed E-state index contributed by atoms with van der Waals surface area (Å²) < 4.78 is 5.51. The van der Waals surface area contributed by atoms with Crippen LogP contribution >= 0.6 is 0 Å². The maximum atomic E-state index is 5.51. The molecule has 0 radical (unpaired) electrons. The van der Waals surface area contributed by atoms with E-state index in [-0.39, 0.29) is 0 Å². The second kappa shape index (κ2) is 8.77. The molecule has 2 aromatic rings. The van der Waals surface area contributed by atoms with Crippen LogP contribution in [0.3, 0.4) is 0 Å². The van der Waals surface area contributed by atoms with Crippen LogP contribution in [0.5, 0.6) is 5.75 Å². The van der Waals surface area contributed by atoms with Gasteiger partial charge in [0.25, 0.3) is 0 Å². The van der Waals surface area contributed by atoms with Crippen molar-refractivity contribution in [2.45, 2.75) is 51.5 Å². The fourth-order valence-corrected chi connectivity index (χ4v) is 3.75. The van der Waals surface area contributed by atoms with Gasteiger partial charge in [-0.3, -0.25) is 0 Å². The molecular weight excluding hydrogens is 294 g/mol. The van der Waals surface area contributed by atoms with Crippen LogP contribution < -0.4 is 10.1 Å². The van der Waals surface area contributed by atoms with Crippen molar-refractivity contribution in [2.24, 2.45) is 5.92 Å². The van der Waals surface area contributed by atoms with Gasteiger partial charge in [-0.15, -0.1) is 0 Å². The van der Waals surface area contributed by atoms with Crippen LogP contribution in [0.15, 0.2) is 54.6 Å². The average Bonchev–Trinajstić information content (AvgIpc) is 2.63. The molecule has 0 spiro atoms. The third-order valence-corrected chi connectivity index (χ3v) is 5.00. The van der Waals surface area contributed by atoms with Gasteiger partial charge in [-0.05, 0) is 68.4 Å². The molecule has 0 heterocycles. The molecule has 0 aromatic heterocycles. The quantitative estimate of drug-likeness (QED) is 0.707. The van der Waals surface area contributed by atoms with Gasteiger partial charge in [0, 0.05) is 11.7 Å². The second-order valence-corrected chi connectivity index (χ2v) is 6.86. The molecule has 0 aliphatic heterocycles. The fraction of sp³-hybridized carbons (Fsp3) is 0.455. The number of aryl methyl sites for hydroxylation is 1. The molecule has 1 fully saturated rings. The normalized spacial score (nSPS) is 20.5. The van der Waals surface area contributed by atoms with Crippen molar-refractivity contribution in [3.05, 3.63) is 60.2 Å². The minimum Gasteiger partial charge on any atom is -0.494 e. The molecule has 2 aromatic carbocycles. The Kier molecular flexibility index (Phi) is 6.17. The number of rotatable bonds is 7. The molecule has 0 bridgehead atoms. The van der Waals surface area contributed by atoms with Crippen LogP contribution in [0.2, 0.25) is 0 Å². The van der Waals surface area contributed by atoms with E-state index in [0.717, 1.165) is 18.3 Å². The summed E-state index contributed by atoms with van der Waals surface area (Å²) in [6.45, 7) is 2.74. The van der Waals surface area contributed by atoms with E-state index in [1.165, 1.54) is 49.8 Å². The van der Waals surface area contributed by atoms with E-state index in [1.807, 2.05) is 6.92 Å². The summed E-state index contributed by atoms with van der Waals surface area (Å²) in [7, 11) is 0. The van der Waals surface area contributed by atoms with Crippen LogP contribution in [0, 0.1) is 5.92 Å². The number of nitrogens with one attached hydrogen (secondary N) is 1. The van der Waals surface area contributed by atoms with Crippen LogP contribution in [0.1, 0.15) is 44.6 Å². The maximum absolute atomic E-state index is 5.51. The van der Waals surface area contributed by atoms with Gasteiger partial charge >= 0.3 is 0 Å². The largest absolute Gasteiger partial charge is 0.494 e. The molecule has 1 aliphatic rings. The first kappa shape index (κ1) is 16.9. The van der Waals surface area contributed by atoms with Gasteiger partial charge < -0.3 is 10.1 Å². The molecule has 0 saturated heterocycles. The predicted molar refractivity (Wildman–Crippen MR) is 102 cm³/mol. The summed E-state index contributed by atoms with van der Waals surface area (Å²) in [6, 6.07) is 19.9. The van der Waals surface area contributed by atoms with Gasteiger partial charge in [-0.25, -0.2) is 0 Å². The molecule has 1 aliphatic carbocycles. The first-order valence-corrected chi connectivity index (χ1v) is 9.37. The molecule has 2 nitrogen and oxygen atoms in total. The highest BCUT2D eigenvalue weighted by molar-refractivity contribution is 5.47. The van der Waals surface area contributed by atoms with Crippen molar-refractivity contribution < 1.29 is 4.74 Å². The molecule has 0 unspecified atom stereocenters. The first-order valence-electron chi connectivity index (χ1n) is 9.37. The van der Waals surface area contributed by atoms with Crippen molar-refractivity contribution >= 4 is 5.69 Å². The Bertz CT molecular complexity index is 593. The predicted octanol–water partition coefficient (Wildman–Crippen LogP) is 5.69. The molecule has 128 valence electrons. The monoisotopic (exact) mass is 323 g/mol. The van der Waals surface area contributed by atoms with Crippen LogP contribution in [0.4, 0.5) is 5.69 Å². The number of hydrogen-bond acceptors (Lipinski definition) is 2. The van der Waals surface area contributed by atoms with E-state index in [9.17, 15) is 0 Å². The molecule has 1 N–H and O–H groups in total. The van der Waals surface area contributed by atoms with Gasteiger partial charge in [0.15, 0.2) is 0 Å². The topological polar surface area (TPSA) is 21.3 Å². The van der Waals surface area contributed by atoms with Crippen molar-refractivity contribution in [1.82, 2.24) is 0 Å². The Hall–Kier alpha value is -1.96. The summed E-state index contributed by atoms with van der Waals surface area (Å²) in [5, 5.41) is 3.72. The number of hydrogen-bond donors (Lipinski definition) is 1. The summed E-state index contributed by atoms with van der Waals surface area (Å²) in [4.78, 5) is 0. The van der Waals surface area contributed by atoms with E-state index in [2.05, 4.69) is 59.9 Å². The molecule has 0 amide bonds. The van der Waals surface area contributed by atoms with Gasteiger partial charge in [0.1, 0.15) is 5.75 Å². The fourth-order valence-electron chi connectivity index (χ4n) is 3.75. The Morgan fingerprint density at radius 1 is 1.00 bits per heavy atom. The SMILES string of the molecule is CCOc1ccc(N[C@@H]2CCC[C@H](CCc3ccccc3)C2)cc1. The number of anilines is 1. The smallest absolute Gasteiger partial charge is 0.119 e. The Morgan fingerprint density at radius 2 is 1.79 bits per heavy atom. The van der Waals surface area contributed by atoms with Crippen molar-refractivity contribution in [2.75, 3.05) is 11.9 Å². The van der Waals surface area contributed by atoms with Gasteiger partial charge in [0.2, 0.25) is 0 Å². The molecule has 2 atom stereocenters. The van der Waals surface area contributed by atoms with E-state index in [0.29, 0.717) is 6.04 Å². The van der Waals surface area contributed by atoms with E-state index in [4.69, 9.17) is 4.74 Å². The van der Waals surface area contributed by atoms with E-state index < -0.39 is 0 Å². The Labute approximate surface area is 146 Å². The summed E-state index contributed by atoms with van der Waals surface area (Å²) in [5.41, 5.74) is 2.69. The minimum atomic E-state index is 0.609. The third-order valence-electron chi connectivity index (χ3n) is 5.00. The molecule has 2 heteroatoms. The first-order chi connectivity index (χ1) is 11.8. The van der Waals surface area contributed by atoms with Crippen molar-refractivity contribution in [1.29, 1.82) is 0 Å². The zero-order valence-electron chi connectivity index (χ0n) is 14.7. The average molecular weight is 323 g/mol. The van der Waals surface area contributed by atoms with E-state index >= 15 is 0 Å². The summed E-state index contributed by atoms with van der Waals surface area (Å²) in [5.74, 6) is 1.80. The van der Waals surface area contributed by atoms with Gasteiger partial charge in [-0.2, -0.15) is 0 Å². The van der Waals surface area contributed by atoms with Crippen molar-refractivity contribution in [3.8, 4) is 5.75 Å². The zero-order chi connectivity index (χ0) is 16.6. The zero-order valence-corrected chi connectivity index (χ0v) is 14.7. The molecule has 1 saturated carbocycles. The Morgan fingerprint density at radius 3 is 2.54 bits per heavy atom. The van der Waals surface area contributed by atoms with E-state index in [1.54, 1.807) is 0 Å². The lowest BCUT2D eigenvalue weighted by molar-refractivity contribution is 0.318. The van der Waals surface area contributed by atoms with Crippen molar-refractivity contribution in [3.63, 3.8) is 0 Å². The van der Waals surface area contributed by atoms with Crippen LogP contribution in [-0.2, 0) is 6.42 Å². The Balaban J connectivity index is 1.48. The highest BCUT2D eigenvalue weighted by atomic mass is 16.5. The second-order valence-electron chi connectivity index (χ2n) is 6.86. The van der Waals surface area contributed by atoms with Crippen LogP contribution in [-0.4, -0.2) is 12.6 Å². The third kappa shape index (κ3) is 5.02. The van der Waals surface area contributed by atoms with Gasteiger partial charge in [-0.1, -0.05) is 43.2 Å². The maximum Gasteiger partial charge on any atom is 0.119 e. The lowest BCUT2D eigenvalue weighted by Crippen LogP contribution is -2.27. The summed E-state index contributed by atoms with van der Waals surface area (Å²) in [6.07, 6.45) is 7.82. The lowest BCUT2D eigenvalue weighted by Gasteiger charge is -2.30. The molecular formula is C22H29NO. The number of benzene rings is 2. The molecule has 3 rings (SSSR count). The minimum absolute atomic E-state index is 0.609. The summed E-state index contributed by atoms with van der Waals surface area (Å²) >= 11 is 0. The lowest BCUT2D eigenvalue weighted by atomic mass is 9.82. The standard InChI is InChI=1S/C22H29NO/c1-2-24-22-15-13-20(14-16-22)23-21-10-6-9-19(17-21)12-11-18-7-4-3-5-8-18/h3-5,7-8,13-16,19,21,23H,2,6,9-12,17H2,1H3/t19-,21-/m1/s1. The van der Waals surface area contributed by atoms with Crippen LogP contribution in [0.25, 0.3) is 0 Å². The number of ether oxygens (including phenoxy) is 1. The molecule has 24 heavy (non-hydrogen) atoms. The highest BCUT2D eigenvalue weighted by Gasteiger charge is 2.21. The highest BCUT2D eigenvalue weighted by Crippen LogP contribution is 2.30.